The van der Waals surface area contributed by atoms with E-state index in [-0.39, 0.29) is 5.41 Å². The van der Waals surface area contributed by atoms with Crippen LogP contribution in [0.3, 0.4) is 0 Å². The van der Waals surface area contributed by atoms with Crippen LogP contribution in [-0.2, 0) is 5.41 Å². The van der Waals surface area contributed by atoms with Gasteiger partial charge in [0.2, 0.25) is 0 Å². The topological polar surface area (TPSA) is 3.24 Å². The van der Waals surface area contributed by atoms with Crippen molar-refractivity contribution in [2.75, 3.05) is 4.90 Å². The highest BCUT2D eigenvalue weighted by Crippen LogP contribution is 2.53. The molecule has 1 nitrogen and oxygen atoms in total. The van der Waals surface area contributed by atoms with E-state index in [0.29, 0.717) is 5.92 Å². The quantitative estimate of drug-likeness (QED) is 0.172. The fraction of sp³-hybridized carbons (Fsp3) is 0.120. The third-order valence-corrected chi connectivity index (χ3v) is 11.0. The van der Waals surface area contributed by atoms with E-state index in [1.54, 1.807) is 0 Å². The van der Waals surface area contributed by atoms with E-state index >= 15 is 0 Å². The fourth-order valence-electron chi connectivity index (χ4n) is 8.38. The zero-order valence-electron chi connectivity index (χ0n) is 29.7. The van der Waals surface area contributed by atoms with Crippen LogP contribution in [0.25, 0.3) is 54.9 Å². The molecule has 0 atom stereocenters. The Morgan fingerprint density at radius 3 is 1.75 bits per heavy atom. The standard InChI is InChI=1S/C50H41N/c1-33(2)41-21-13-22-46-49(41)43-29-28-40(32-47(43)50(46,3)4)51(48-23-12-19-34-16-10-11-20-42(34)48)39-26-24-36(25-27-39)45-31-38-18-9-8-17-37(38)30-44(45)35-14-6-5-7-15-35/h5-33H,1-4H3. The molecule has 1 aliphatic rings. The van der Waals surface area contributed by atoms with Crippen molar-refractivity contribution < 1.29 is 0 Å². The van der Waals surface area contributed by atoms with Gasteiger partial charge in [0, 0.05) is 22.2 Å². The molecule has 0 heterocycles. The van der Waals surface area contributed by atoms with Crippen molar-refractivity contribution in [1.82, 2.24) is 0 Å². The second-order valence-electron chi connectivity index (χ2n) is 14.8. The molecule has 0 fully saturated rings. The molecule has 0 spiro atoms. The Bertz CT molecular complexity index is 2570. The highest BCUT2D eigenvalue weighted by molar-refractivity contribution is 6.00. The van der Waals surface area contributed by atoms with Gasteiger partial charge in [-0.1, -0.05) is 155 Å². The summed E-state index contributed by atoms with van der Waals surface area (Å²) in [7, 11) is 0. The summed E-state index contributed by atoms with van der Waals surface area (Å²) in [5, 5.41) is 4.96. The van der Waals surface area contributed by atoms with Gasteiger partial charge in [0.05, 0.1) is 5.69 Å². The number of nitrogens with zero attached hydrogens (tertiary/aromatic N) is 1. The minimum atomic E-state index is -0.107. The Hall–Kier alpha value is -5.92. The highest BCUT2D eigenvalue weighted by atomic mass is 15.1. The highest BCUT2D eigenvalue weighted by Gasteiger charge is 2.37. The largest absolute Gasteiger partial charge is 0.310 e. The number of hydrogen-bond acceptors (Lipinski definition) is 1. The second-order valence-corrected chi connectivity index (χ2v) is 14.8. The molecule has 1 aliphatic carbocycles. The summed E-state index contributed by atoms with van der Waals surface area (Å²) >= 11 is 0. The van der Waals surface area contributed by atoms with E-state index in [9.17, 15) is 0 Å². The van der Waals surface area contributed by atoms with Crippen molar-refractivity contribution in [1.29, 1.82) is 0 Å². The van der Waals surface area contributed by atoms with Crippen LogP contribution in [0.5, 0.6) is 0 Å². The van der Waals surface area contributed by atoms with Gasteiger partial charge in [-0.25, -0.2) is 0 Å². The van der Waals surface area contributed by atoms with E-state index in [1.807, 2.05) is 0 Å². The monoisotopic (exact) mass is 655 g/mol. The van der Waals surface area contributed by atoms with E-state index in [2.05, 4.69) is 202 Å². The Morgan fingerprint density at radius 1 is 0.451 bits per heavy atom. The van der Waals surface area contributed by atoms with Gasteiger partial charge >= 0.3 is 0 Å². The maximum Gasteiger partial charge on any atom is 0.0540 e. The van der Waals surface area contributed by atoms with Gasteiger partial charge in [-0.15, -0.1) is 0 Å². The third kappa shape index (κ3) is 5.15. The molecule has 0 radical (unpaired) electrons. The molecule has 0 aromatic heterocycles. The number of rotatable bonds is 6. The first-order valence-corrected chi connectivity index (χ1v) is 18.1. The van der Waals surface area contributed by atoms with Gasteiger partial charge < -0.3 is 4.90 Å². The normalized spacial score (nSPS) is 13.0. The molecular formula is C50H41N. The van der Waals surface area contributed by atoms with Gasteiger partial charge in [0.1, 0.15) is 0 Å². The summed E-state index contributed by atoms with van der Waals surface area (Å²) in [5.41, 5.74) is 15.3. The molecule has 0 N–H and O–H groups in total. The van der Waals surface area contributed by atoms with Gasteiger partial charge in [-0.2, -0.15) is 0 Å². The van der Waals surface area contributed by atoms with Gasteiger partial charge in [-0.05, 0) is 115 Å². The van der Waals surface area contributed by atoms with Crippen LogP contribution in [0.1, 0.15) is 50.3 Å². The lowest BCUT2D eigenvalue weighted by Crippen LogP contribution is -2.16. The average Bonchev–Trinajstić information content (AvgIpc) is 3.40. The van der Waals surface area contributed by atoms with Crippen LogP contribution in [0.15, 0.2) is 170 Å². The molecule has 0 unspecified atom stereocenters. The molecule has 9 rings (SSSR count). The molecule has 0 bridgehead atoms. The Balaban J connectivity index is 1.22. The summed E-state index contributed by atoms with van der Waals surface area (Å²) in [5.74, 6) is 0.456. The maximum atomic E-state index is 2.45. The van der Waals surface area contributed by atoms with Crippen molar-refractivity contribution in [3.8, 4) is 33.4 Å². The summed E-state index contributed by atoms with van der Waals surface area (Å²) in [6, 6.07) is 62.7. The van der Waals surface area contributed by atoms with Crippen LogP contribution >= 0.6 is 0 Å². The van der Waals surface area contributed by atoms with Crippen molar-refractivity contribution in [3.05, 3.63) is 187 Å². The van der Waals surface area contributed by atoms with Gasteiger partial charge in [0.15, 0.2) is 0 Å². The fourth-order valence-corrected chi connectivity index (χ4v) is 8.38. The predicted molar refractivity (Wildman–Crippen MR) is 219 cm³/mol. The van der Waals surface area contributed by atoms with E-state index in [0.717, 1.165) is 5.69 Å². The van der Waals surface area contributed by atoms with Crippen LogP contribution in [-0.4, -0.2) is 0 Å². The van der Waals surface area contributed by atoms with Crippen LogP contribution in [0.4, 0.5) is 17.1 Å². The first kappa shape index (κ1) is 31.1. The lowest BCUT2D eigenvalue weighted by atomic mass is 9.81. The number of anilines is 3. The zero-order chi connectivity index (χ0) is 34.7. The molecule has 246 valence electrons. The number of benzene rings is 8. The number of hydrogen-bond donors (Lipinski definition) is 0. The van der Waals surface area contributed by atoms with Crippen molar-refractivity contribution in [2.45, 2.75) is 39.0 Å². The minimum Gasteiger partial charge on any atom is -0.310 e. The molecule has 8 aromatic carbocycles. The van der Waals surface area contributed by atoms with Crippen molar-refractivity contribution >= 4 is 38.6 Å². The Kier molecular flexibility index (Phi) is 7.40. The van der Waals surface area contributed by atoms with E-state index in [1.165, 1.54) is 83.0 Å². The van der Waals surface area contributed by atoms with E-state index < -0.39 is 0 Å². The Morgan fingerprint density at radius 2 is 1.04 bits per heavy atom. The smallest absolute Gasteiger partial charge is 0.0540 e. The molecule has 0 aliphatic heterocycles. The van der Waals surface area contributed by atoms with Gasteiger partial charge in [0.25, 0.3) is 0 Å². The Labute approximate surface area is 301 Å². The van der Waals surface area contributed by atoms with Crippen LogP contribution in [0, 0.1) is 0 Å². The van der Waals surface area contributed by atoms with Gasteiger partial charge in [-0.3, -0.25) is 0 Å². The first-order chi connectivity index (χ1) is 24.9. The molecule has 1 heteroatoms. The zero-order valence-corrected chi connectivity index (χ0v) is 29.7. The summed E-state index contributed by atoms with van der Waals surface area (Å²) in [4.78, 5) is 2.45. The average molecular weight is 656 g/mol. The maximum absolute atomic E-state index is 2.45. The number of fused-ring (bicyclic) bond motifs is 5. The minimum absolute atomic E-state index is 0.107. The summed E-state index contributed by atoms with van der Waals surface area (Å²) in [6.45, 7) is 9.39. The lowest BCUT2D eigenvalue weighted by molar-refractivity contribution is 0.659. The first-order valence-electron chi connectivity index (χ1n) is 18.1. The van der Waals surface area contributed by atoms with Crippen molar-refractivity contribution in [2.24, 2.45) is 0 Å². The van der Waals surface area contributed by atoms with Crippen LogP contribution < -0.4 is 4.90 Å². The van der Waals surface area contributed by atoms with Crippen LogP contribution in [0.2, 0.25) is 0 Å². The summed E-state index contributed by atoms with van der Waals surface area (Å²) in [6.07, 6.45) is 0. The summed E-state index contributed by atoms with van der Waals surface area (Å²) < 4.78 is 0. The molecular weight excluding hydrogens is 615 g/mol. The second kappa shape index (κ2) is 12.1. The lowest BCUT2D eigenvalue weighted by Gasteiger charge is -2.29. The van der Waals surface area contributed by atoms with Crippen molar-refractivity contribution in [3.63, 3.8) is 0 Å². The molecule has 51 heavy (non-hydrogen) atoms. The molecule has 0 saturated carbocycles. The molecule has 8 aromatic rings. The predicted octanol–water partition coefficient (Wildman–Crippen LogP) is 14.2. The van der Waals surface area contributed by atoms with E-state index in [4.69, 9.17) is 0 Å². The molecule has 0 saturated heterocycles. The third-order valence-electron chi connectivity index (χ3n) is 11.0. The molecule has 0 amide bonds. The SMILES string of the molecule is CC(C)c1cccc2c1-c1ccc(N(c3ccc(-c4cc5ccccc5cc4-c4ccccc4)cc3)c3cccc4ccccc34)cc1C2(C)C.